The Morgan fingerprint density at radius 3 is 2.50 bits per heavy atom. The van der Waals surface area contributed by atoms with E-state index in [0.29, 0.717) is 26.9 Å². The zero-order valence-corrected chi connectivity index (χ0v) is 21.9. The summed E-state index contributed by atoms with van der Waals surface area (Å²) in [5.41, 5.74) is 1.63. The van der Waals surface area contributed by atoms with E-state index in [9.17, 15) is 22.4 Å². The molecule has 0 saturated carbocycles. The molecule has 0 bridgehead atoms. The number of anilines is 3. The maximum absolute atomic E-state index is 14.6. The summed E-state index contributed by atoms with van der Waals surface area (Å²) >= 11 is 12.2. The van der Waals surface area contributed by atoms with Crippen LogP contribution >= 0.6 is 23.2 Å². The molecule has 0 fully saturated rings. The summed E-state index contributed by atoms with van der Waals surface area (Å²) in [4.78, 5) is 26.0. The predicted octanol–water partition coefficient (Wildman–Crippen LogP) is 5.60. The highest BCUT2D eigenvalue weighted by molar-refractivity contribution is 7.93. The summed E-state index contributed by atoms with van der Waals surface area (Å²) in [5, 5.41) is 5.87. The Morgan fingerprint density at radius 1 is 1.06 bits per heavy atom. The molecule has 1 heterocycles. The maximum Gasteiger partial charge on any atom is 0.265 e. The van der Waals surface area contributed by atoms with Gasteiger partial charge in [0.15, 0.2) is 0 Å². The van der Waals surface area contributed by atoms with E-state index >= 15 is 0 Å². The van der Waals surface area contributed by atoms with E-state index in [-0.39, 0.29) is 16.3 Å². The second-order valence-corrected chi connectivity index (χ2v) is 11.1. The van der Waals surface area contributed by atoms with E-state index in [1.54, 1.807) is 39.0 Å². The number of benzene rings is 3. The fourth-order valence-corrected chi connectivity index (χ4v) is 6.33. The van der Waals surface area contributed by atoms with Crippen LogP contribution in [0.5, 0.6) is 0 Å². The second-order valence-electron chi connectivity index (χ2n) is 8.52. The number of carbonyl (C=O) groups is 2. The average Bonchev–Trinajstić information content (AvgIpc) is 2.79. The largest absolute Gasteiger partial charge is 0.326 e. The second kappa shape index (κ2) is 9.72. The van der Waals surface area contributed by atoms with Crippen LogP contribution in [0.2, 0.25) is 10.0 Å². The molecule has 0 radical (unpaired) electrons. The molecule has 0 aliphatic carbocycles. The first-order valence-electron chi connectivity index (χ1n) is 10.9. The molecular weight excluding hydrogens is 528 g/mol. The molecule has 7 nitrogen and oxygen atoms in total. The fraction of sp³-hybridized carbons (Fsp3) is 0.200. The first-order valence-corrected chi connectivity index (χ1v) is 13.1. The lowest BCUT2D eigenvalue weighted by atomic mass is 10.1. The van der Waals surface area contributed by atoms with Crippen LogP contribution in [0.4, 0.5) is 21.5 Å². The van der Waals surface area contributed by atoms with Crippen molar-refractivity contribution < 1.29 is 22.4 Å². The SMILES string of the molecule is Cc1cc(S(=O)(=O)N2c3cccc(F)c3NC(=O)C2CC(=O)Nc2cc(Cl)ccc2C)c(C)cc1Cl. The Bertz CT molecular complexity index is 1510. The minimum Gasteiger partial charge on any atom is -0.326 e. The van der Waals surface area contributed by atoms with Crippen molar-refractivity contribution in [1.29, 1.82) is 0 Å². The number of aryl methyl sites for hydroxylation is 3. The molecule has 1 aliphatic rings. The Morgan fingerprint density at radius 2 is 1.78 bits per heavy atom. The first kappa shape index (κ1) is 25.9. The highest BCUT2D eigenvalue weighted by Crippen LogP contribution is 2.40. The van der Waals surface area contributed by atoms with Gasteiger partial charge in [0, 0.05) is 15.7 Å². The fourth-order valence-electron chi connectivity index (χ4n) is 4.02. The summed E-state index contributed by atoms with van der Waals surface area (Å²) < 4.78 is 43.4. The van der Waals surface area contributed by atoms with E-state index in [1.807, 2.05) is 0 Å². The van der Waals surface area contributed by atoms with Gasteiger partial charge in [-0.2, -0.15) is 0 Å². The van der Waals surface area contributed by atoms with E-state index in [0.717, 1.165) is 15.9 Å². The number of hydrogen-bond donors (Lipinski definition) is 2. The van der Waals surface area contributed by atoms with Crippen molar-refractivity contribution in [2.24, 2.45) is 0 Å². The average molecular weight is 550 g/mol. The summed E-state index contributed by atoms with van der Waals surface area (Å²) in [6.45, 7) is 4.98. The molecule has 11 heteroatoms. The molecule has 1 unspecified atom stereocenters. The van der Waals surface area contributed by atoms with Gasteiger partial charge in [-0.3, -0.25) is 13.9 Å². The number of sulfonamides is 1. The summed E-state index contributed by atoms with van der Waals surface area (Å²) in [6.07, 6.45) is -0.529. The number of hydrogen-bond acceptors (Lipinski definition) is 4. The molecular formula is C25H22Cl2FN3O4S. The third kappa shape index (κ3) is 4.78. The molecule has 36 heavy (non-hydrogen) atoms. The van der Waals surface area contributed by atoms with Crippen molar-refractivity contribution in [1.82, 2.24) is 0 Å². The molecule has 0 spiro atoms. The minimum atomic E-state index is -4.43. The van der Waals surface area contributed by atoms with Crippen LogP contribution in [0, 0.1) is 26.6 Å². The standard InChI is InChI=1S/C25H22Cl2FN3O4S/c1-13-7-8-16(26)11-19(13)29-23(32)12-21-25(33)30-24-18(28)5-4-6-20(24)31(21)36(34,35)22-10-14(2)17(27)9-15(22)3/h4-11,21H,12H2,1-3H3,(H,29,32)(H,30,33). The monoisotopic (exact) mass is 549 g/mol. The van der Waals surface area contributed by atoms with Crippen LogP contribution < -0.4 is 14.9 Å². The van der Waals surface area contributed by atoms with Crippen LogP contribution in [0.1, 0.15) is 23.1 Å². The summed E-state index contributed by atoms with van der Waals surface area (Å²) in [6, 6.07) is 10.2. The van der Waals surface area contributed by atoms with E-state index in [1.165, 1.54) is 24.3 Å². The van der Waals surface area contributed by atoms with Crippen molar-refractivity contribution in [3.63, 3.8) is 0 Å². The van der Waals surface area contributed by atoms with Gasteiger partial charge in [-0.05, 0) is 73.9 Å². The number of carbonyl (C=O) groups excluding carboxylic acids is 2. The zero-order chi connectivity index (χ0) is 26.4. The third-order valence-corrected chi connectivity index (χ3v) is 8.52. The molecule has 0 saturated heterocycles. The van der Waals surface area contributed by atoms with Crippen LogP contribution in [0.25, 0.3) is 0 Å². The third-order valence-electron chi connectivity index (χ3n) is 5.91. The van der Waals surface area contributed by atoms with E-state index in [2.05, 4.69) is 10.6 Å². The quantitative estimate of drug-likeness (QED) is 0.432. The molecule has 2 N–H and O–H groups in total. The van der Waals surface area contributed by atoms with Gasteiger partial charge in [-0.1, -0.05) is 35.3 Å². The number of fused-ring (bicyclic) bond motifs is 1. The normalized spacial score (nSPS) is 15.3. The summed E-state index contributed by atoms with van der Waals surface area (Å²) in [7, 11) is -4.43. The van der Waals surface area contributed by atoms with Crippen LogP contribution in [0.3, 0.4) is 0 Å². The molecule has 188 valence electrons. The van der Waals surface area contributed by atoms with Gasteiger partial charge in [0.2, 0.25) is 11.8 Å². The number of nitrogens with one attached hydrogen (secondary N) is 2. The predicted molar refractivity (Wildman–Crippen MR) is 139 cm³/mol. The van der Waals surface area contributed by atoms with Gasteiger partial charge in [-0.25, -0.2) is 12.8 Å². The number of rotatable bonds is 5. The van der Waals surface area contributed by atoms with Gasteiger partial charge in [0.1, 0.15) is 17.5 Å². The Hall–Kier alpha value is -3.14. The van der Waals surface area contributed by atoms with Crippen molar-refractivity contribution in [2.75, 3.05) is 14.9 Å². The van der Waals surface area contributed by atoms with Gasteiger partial charge < -0.3 is 10.6 Å². The molecule has 3 aromatic rings. The smallest absolute Gasteiger partial charge is 0.265 e. The molecule has 4 rings (SSSR count). The topological polar surface area (TPSA) is 95.6 Å². The van der Waals surface area contributed by atoms with Crippen molar-refractivity contribution in [2.45, 2.75) is 38.1 Å². The Labute approximate surface area is 218 Å². The minimum absolute atomic E-state index is 0.0849. The number of nitrogens with zero attached hydrogens (tertiary/aromatic N) is 1. The van der Waals surface area contributed by atoms with E-state index in [4.69, 9.17) is 23.2 Å². The number of halogens is 3. The van der Waals surface area contributed by atoms with Crippen molar-refractivity contribution >= 4 is 62.1 Å². The number of para-hydroxylation sites is 1. The lowest BCUT2D eigenvalue weighted by Gasteiger charge is -2.37. The van der Waals surface area contributed by atoms with Crippen LogP contribution in [0.15, 0.2) is 53.4 Å². The Kier molecular flexibility index (Phi) is 7.01. The van der Waals surface area contributed by atoms with Gasteiger partial charge >= 0.3 is 0 Å². The molecule has 1 atom stereocenters. The maximum atomic E-state index is 14.6. The van der Waals surface area contributed by atoms with Gasteiger partial charge in [-0.15, -0.1) is 0 Å². The lowest BCUT2D eigenvalue weighted by Crippen LogP contribution is -2.52. The highest BCUT2D eigenvalue weighted by Gasteiger charge is 2.43. The van der Waals surface area contributed by atoms with E-state index < -0.39 is 40.1 Å². The summed E-state index contributed by atoms with van der Waals surface area (Å²) in [5.74, 6) is -2.26. The molecule has 3 aromatic carbocycles. The zero-order valence-electron chi connectivity index (χ0n) is 19.5. The Balaban J connectivity index is 1.80. The molecule has 1 aliphatic heterocycles. The molecule has 0 aromatic heterocycles. The first-order chi connectivity index (χ1) is 16.9. The lowest BCUT2D eigenvalue weighted by molar-refractivity contribution is -0.122. The highest BCUT2D eigenvalue weighted by atomic mass is 35.5. The number of amides is 2. The van der Waals surface area contributed by atoms with Gasteiger partial charge in [0.05, 0.1) is 17.0 Å². The van der Waals surface area contributed by atoms with Crippen molar-refractivity contribution in [3.8, 4) is 0 Å². The van der Waals surface area contributed by atoms with Gasteiger partial charge in [0.25, 0.3) is 10.0 Å². The molecule has 2 amide bonds. The van der Waals surface area contributed by atoms with Crippen LogP contribution in [-0.4, -0.2) is 26.3 Å². The van der Waals surface area contributed by atoms with Crippen molar-refractivity contribution in [3.05, 3.63) is 81.1 Å². The van der Waals surface area contributed by atoms with Crippen LogP contribution in [-0.2, 0) is 19.6 Å².